The average Bonchev–Trinajstić information content (AvgIpc) is 3.04. The lowest BCUT2D eigenvalue weighted by atomic mass is 10.1. The molecule has 0 fully saturated rings. The van der Waals surface area contributed by atoms with Gasteiger partial charge in [0.05, 0.1) is 17.2 Å². The molecule has 0 aliphatic carbocycles. The molecule has 3 rings (SSSR count). The maximum atomic E-state index is 14.1. The molecule has 0 bridgehead atoms. The number of carbonyl (C=O) groups excluding carboxylic acids is 1. The van der Waals surface area contributed by atoms with Crippen molar-refractivity contribution in [1.29, 1.82) is 0 Å². The van der Waals surface area contributed by atoms with Crippen LogP contribution in [0.25, 0.3) is 10.1 Å². The van der Waals surface area contributed by atoms with Crippen LogP contribution >= 0.6 is 22.7 Å². The van der Waals surface area contributed by atoms with Crippen LogP contribution in [0.1, 0.15) is 20.9 Å². The number of methoxy groups -OCH3 is 1. The minimum atomic E-state index is -0.343. The fourth-order valence-corrected chi connectivity index (χ4v) is 4.00. The van der Waals surface area contributed by atoms with Gasteiger partial charge in [-0.2, -0.15) is 0 Å². The quantitative estimate of drug-likeness (QED) is 0.777. The Labute approximate surface area is 134 Å². The Morgan fingerprint density at radius 1 is 1.45 bits per heavy atom. The number of nitrogens with zero attached hydrogens (tertiary/aromatic N) is 1. The predicted octanol–water partition coefficient (Wildman–Crippen LogP) is 4.20. The minimum absolute atomic E-state index is 0.181. The highest BCUT2D eigenvalue weighted by Gasteiger charge is 2.21. The molecule has 0 radical (unpaired) electrons. The second-order valence-corrected chi connectivity index (χ2v) is 6.61. The van der Waals surface area contributed by atoms with Gasteiger partial charge in [0.2, 0.25) is 0 Å². The lowest BCUT2D eigenvalue weighted by Gasteiger charge is -2.04. The number of thiazole rings is 1. The monoisotopic (exact) mass is 336 g/mol. The van der Waals surface area contributed by atoms with Crippen molar-refractivity contribution in [2.24, 2.45) is 0 Å². The van der Waals surface area contributed by atoms with Gasteiger partial charge >= 0.3 is 0 Å². The van der Waals surface area contributed by atoms with Crippen LogP contribution in [0.4, 0.5) is 9.52 Å². The number of thiophene rings is 1. The number of rotatable bonds is 4. The summed E-state index contributed by atoms with van der Waals surface area (Å²) in [4.78, 5) is 17.2. The number of amides is 1. The summed E-state index contributed by atoms with van der Waals surface area (Å²) in [6.45, 7) is 2.04. The van der Waals surface area contributed by atoms with Gasteiger partial charge < -0.3 is 4.74 Å². The summed E-state index contributed by atoms with van der Waals surface area (Å²) in [5.41, 5.74) is 1.42. The fraction of sp³-hybridized carbons (Fsp3) is 0.200. The lowest BCUT2D eigenvalue weighted by Crippen LogP contribution is -2.12. The Morgan fingerprint density at radius 3 is 2.95 bits per heavy atom. The van der Waals surface area contributed by atoms with Gasteiger partial charge in [-0.15, -0.1) is 22.7 Å². The summed E-state index contributed by atoms with van der Waals surface area (Å²) in [7, 11) is 1.52. The molecule has 1 aromatic carbocycles. The van der Waals surface area contributed by atoms with Crippen molar-refractivity contribution in [2.45, 2.75) is 13.5 Å². The highest BCUT2D eigenvalue weighted by Crippen LogP contribution is 2.34. The van der Waals surface area contributed by atoms with E-state index in [-0.39, 0.29) is 18.3 Å². The van der Waals surface area contributed by atoms with Crippen molar-refractivity contribution in [3.05, 3.63) is 45.5 Å². The number of aromatic nitrogens is 1. The third kappa shape index (κ3) is 2.75. The first-order valence-electron chi connectivity index (χ1n) is 6.52. The van der Waals surface area contributed by atoms with E-state index in [1.165, 1.54) is 35.8 Å². The molecule has 1 N–H and O–H groups in total. The van der Waals surface area contributed by atoms with Crippen molar-refractivity contribution >= 4 is 43.8 Å². The Balaban J connectivity index is 2.03. The van der Waals surface area contributed by atoms with E-state index >= 15 is 0 Å². The number of fused-ring (bicyclic) bond motifs is 1. The summed E-state index contributed by atoms with van der Waals surface area (Å²) < 4.78 is 20.0. The van der Waals surface area contributed by atoms with E-state index in [9.17, 15) is 9.18 Å². The summed E-state index contributed by atoms with van der Waals surface area (Å²) in [6.07, 6.45) is 0. The largest absolute Gasteiger partial charge is 0.380 e. The maximum Gasteiger partial charge on any atom is 0.267 e. The smallest absolute Gasteiger partial charge is 0.267 e. The maximum absolute atomic E-state index is 14.1. The van der Waals surface area contributed by atoms with E-state index in [1.54, 1.807) is 12.1 Å². The van der Waals surface area contributed by atoms with Gasteiger partial charge in [-0.25, -0.2) is 9.37 Å². The van der Waals surface area contributed by atoms with Crippen LogP contribution < -0.4 is 5.32 Å². The molecule has 22 heavy (non-hydrogen) atoms. The number of halogens is 1. The molecule has 0 unspecified atom stereocenters. The average molecular weight is 336 g/mol. The molecule has 0 aliphatic rings. The molecule has 0 atom stereocenters. The number of ether oxygens (including phenoxy) is 1. The zero-order valence-electron chi connectivity index (χ0n) is 12.0. The highest BCUT2D eigenvalue weighted by molar-refractivity contribution is 7.21. The van der Waals surface area contributed by atoms with E-state index in [2.05, 4.69) is 10.3 Å². The molecule has 4 nitrogen and oxygen atoms in total. The van der Waals surface area contributed by atoms with E-state index in [0.29, 0.717) is 21.0 Å². The van der Waals surface area contributed by atoms with E-state index in [4.69, 9.17) is 4.74 Å². The second-order valence-electron chi connectivity index (χ2n) is 4.70. The number of anilines is 1. The molecular formula is C15H13FN2O2S2. The van der Waals surface area contributed by atoms with Crippen molar-refractivity contribution in [3.8, 4) is 0 Å². The van der Waals surface area contributed by atoms with Crippen LogP contribution in [0.2, 0.25) is 0 Å². The SMILES string of the molecule is COCc1c(C(=O)Nc2nc(C)cs2)sc2cccc(F)c12. The predicted molar refractivity (Wildman–Crippen MR) is 87.3 cm³/mol. The first-order valence-corrected chi connectivity index (χ1v) is 8.22. The Morgan fingerprint density at radius 2 is 2.27 bits per heavy atom. The Hall–Kier alpha value is -1.83. The van der Waals surface area contributed by atoms with E-state index in [0.717, 1.165) is 10.4 Å². The van der Waals surface area contributed by atoms with Crippen molar-refractivity contribution in [3.63, 3.8) is 0 Å². The molecule has 0 aliphatic heterocycles. The normalized spacial score (nSPS) is 11.0. The number of aryl methyl sites for hydroxylation is 1. The van der Waals surface area contributed by atoms with E-state index in [1.807, 2.05) is 12.3 Å². The highest BCUT2D eigenvalue weighted by atomic mass is 32.1. The lowest BCUT2D eigenvalue weighted by molar-refractivity contribution is 0.102. The van der Waals surface area contributed by atoms with Gasteiger partial charge in [0.15, 0.2) is 5.13 Å². The standard InChI is InChI=1S/C15H13FN2O2S2/c1-8-7-21-15(17-8)18-14(19)13-9(6-20-2)12-10(16)4-3-5-11(12)22-13/h3-5,7H,6H2,1-2H3,(H,17,18,19). The second kappa shape index (κ2) is 6.12. The van der Waals surface area contributed by atoms with Gasteiger partial charge in [0.1, 0.15) is 5.82 Å². The van der Waals surface area contributed by atoms with Crippen LogP contribution in [0.3, 0.4) is 0 Å². The molecular weight excluding hydrogens is 323 g/mol. The molecule has 1 amide bonds. The Bertz CT molecular complexity index is 841. The van der Waals surface area contributed by atoms with Gasteiger partial charge in [-0.3, -0.25) is 10.1 Å². The zero-order chi connectivity index (χ0) is 15.7. The molecule has 0 saturated heterocycles. The number of hydrogen-bond acceptors (Lipinski definition) is 5. The van der Waals surface area contributed by atoms with Crippen LogP contribution in [0, 0.1) is 12.7 Å². The molecule has 2 aromatic heterocycles. The summed E-state index contributed by atoms with van der Waals surface area (Å²) >= 11 is 2.62. The molecule has 2 heterocycles. The van der Waals surface area contributed by atoms with Crippen molar-refractivity contribution in [2.75, 3.05) is 12.4 Å². The van der Waals surface area contributed by atoms with E-state index < -0.39 is 0 Å². The van der Waals surface area contributed by atoms with Crippen LogP contribution in [-0.4, -0.2) is 18.0 Å². The number of nitrogens with one attached hydrogen (secondary N) is 1. The molecule has 0 spiro atoms. The first-order chi connectivity index (χ1) is 10.6. The number of benzene rings is 1. The minimum Gasteiger partial charge on any atom is -0.380 e. The first kappa shape index (κ1) is 15.1. The fourth-order valence-electron chi connectivity index (χ4n) is 2.20. The van der Waals surface area contributed by atoms with Gasteiger partial charge in [-0.05, 0) is 19.1 Å². The van der Waals surface area contributed by atoms with Crippen LogP contribution in [-0.2, 0) is 11.3 Å². The number of carbonyl (C=O) groups is 1. The van der Waals surface area contributed by atoms with Gasteiger partial charge in [-0.1, -0.05) is 6.07 Å². The van der Waals surface area contributed by atoms with Crippen LogP contribution in [0.15, 0.2) is 23.6 Å². The molecule has 0 saturated carbocycles. The third-order valence-corrected chi connectivity index (χ3v) is 5.17. The van der Waals surface area contributed by atoms with Crippen molar-refractivity contribution in [1.82, 2.24) is 4.98 Å². The molecule has 3 aromatic rings. The third-order valence-electron chi connectivity index (χ3n) is 3.10. The number of hydrogen-bond donors (Lipinski definition) is 1. The summed E-state index contributed by atoms with van der Waals surface area (Å²) in [5, 5.41) is 5.60. The summed E-state index contributed by atoms with van der Waals surface area (Å²) in [5.74, 6) is -0.632. The van der Waals surface area contributed by atoms with Gasteiger partial charge in [0.25, 0.3) is 5.91 Å². The molecule has 7 heteroatoms. The Kier molecular flexibility index (Phi) is 4.19. The van der Waals surface area contributed by atoms with Crippen molar-refractivity contribution < 1.29 is 13.9 Å². The van der Waals surface area contributed by atoms with Crippen LogP contribution in [0.5, 0.6) is 0 Å². The van der Waals surface area contributed by atoms with Gasteiger partial charge in [0, 0.05) is 28.1 Å². The zero-order valence-corrected chi connectivity index (χ0v) is 13.6. The topological polar surface area (TPSA) is 51.2 Å². The molecule has 114 valence electrons. The summed E-state index contributed by atoms with van der Waals surface area (Å²) in [6, 6.07) is 4.82.